The fourth-order valence-electron chi connectivity index (χ4n) is 3.67. The summed E-state index contributed by atoms with van der Waals surface area (Å²) in [6, 6.07) is 19.5. The van der Waals surface area contributed by atoms with Gasteiger partial charge in [0.25, 0.3) is 5.69 Å². The van der Waals surface area contributed by atoms with Gasteiger partial charge < -0.3 is 0 Å². The van der Waals surface area contributed by atoms with Crippen molar-refractivity contribution in [2.75, 3.05) is 26.2 Å². The molecule has 0 aliphatic carbocycles. The first-order chi connectivity index (χ1) is 13.9. The van der Waals surface area contributed by atoms with E-state index in [1.807, 2.05) is 30.3 Å². The second kappa shape index (κ2) is 7.90. The van der Waals surface area contributed by atoms with E-state index in [2.05, 4.69) is 4.90 Å². The van der Waals surface area contributed by atoms with Gasteiger partial charge in [0.05, 0.1) is 9.82 Å². The largest absolute Gasteiger partial charge is 0.296 e. The number of nitro benzene ring substituents is 1. The summed E-state index contributed by atoms with van der Waals surface area (Å²) in [4.78, 5) is 13.2. The van der Waals surface area contributed by atoms with Gasteiger partial charge in [-0.2, -0.15) is 4.31 Å². The molecular formula is C21H21N3O4S. The maximum atomic E-state index is 13.1. The Morgan fingerprint density at radius 2 is 1.52 bits per heavy atom. The molecule has 0 spiro atoms. The highest BCUT2D eigenvalue weighted by atomic mass is 32.2. The Labute approximate surface area is 169 Å². The van der Waals surface area contributed by atoms with Crippen molar-refractivity contribution in [2.45, 2.75) is 11.4 Å². The van der Waals surface area contributed by atoms with Crippen molar-refractivity contribution in [1.82, 2.24) is 9.21 Å². The van der Waals surface area contributed by atoms with Gasteiger partial charge in [0.15, 0.2) is 0 Å². The van der Waals surface area contributed by atoms with Crippen LogP contribution in [0.5, 0.6) is 0 Å². The van der Waals surface area contributed by atoms with Crippen molar-refractivity contribution in [3.63, 3.8) is 0 Å². The summed E-state index contributed by atoms with van der Waals surface area (Å²) in [7, 11) is -3.57. The molecule has 0 radical (unpaired) electrons. The van der Waals surface area contributed by atoms with Gasteiger partial charge in [-0.3, -0.25) is 15.0 Å². The third kappa shape index (κ3) is 4.00. The number of sulfonamides is 1. The van der Waals surface area contributed by atoms with Crippen LogP contribution in [-0.4, -0.2) is 48.7 Å². The highest BCUT2D eigenvalue weighted by molar-refractivity contribution is 7.89. The molecule has 150 valence electrons. The summed E-state index contributed by atoms with van der Waals surface area (Å²) < 4.78 is 27.6. The summed E-state index contributed by atoms with van der Waals surface area (Å²) in [6.07, 6.45) is 0. The number of nitro groups is 1. The van der Waals surface area contributed by atoms with Crippen LogP contribution in [0, 0.1) is 10.1 Å². The molecule has 0 amide bonds. The zero-order chi connectivity index (χ0) is 20.4. The summed E-state index contributed by atoms with van der Waals surface area (Å²) in [5, 5.41) is 13.1. The molecule has 1 aliphatic rings. The molecule has 4 rings (SSSR count). The Morgan fingerprint density at radius 1 is 0.862 bits per heavy atom. The molecule has 0 aromatic heterocycles. The van der Waals surface area contributed by atoms with Crippen LogP contribution in [-0.2, 0) is 16.6 Å². The third-order valence-corrected chi connectivity index (χ3v) is 7.17. The van der Waals surface area contributed by atoms with E-state index < -0.39 is 10.0 Å². The predicted octanol–water partition coefficient (Wildman–Crippen LogP) is 3.25. The molecule has 1 heterocycles. The number of fused-ring (bicyclic) bond motifs is 1. The third-order valence-electron chi connectivity index (χ3n) is 5.27. The molecule has 3 aromatic carbocycles. The van der Waals surface area contributed by atoms with Crippen molar-refractivity contribution in [3.05, 3.63) is 82.4 Å². The molecule has 1 aliphatic heterocycles. The molecule has 0 saturated carbocycles. The highest BCUT2D eigenvalue weighted by Crippen LogP contribution is 2.24. The summed E-state index contributed by atoms with van der Waals surface area (Å²) in [5.74, 6) is 0. The van der Waals surface area contributed by atoms with Crippen LogP contribution < -0.4 is 0 Å². The SMILES string of the molecule is O=[N+]([O-])c1ccccc1CN1CCN(S(=O)(=O)c2ccc3ccccc3c2)CC1. The van der Waals surface area contributed by atoms with Gasteiger partial charge in [-0.25, -0.2) is 8.42 Å². The van der Waals surface area contributed by atoms with Crippen LogP contribution in [0.25, 0.3) is 10.8 Å². The molecular weight excluding hydrogens is 390 g/mol. The lowest BCUT2D eigenvalue weighted by molar-refractivity contribution is -0.385. The van der Waals surface area contributed by atoms with Gasteiger partial charge in [0, 0.05) is 44.4 Å². The monoisotopic (exact) mass is 411 g/mol. The van der Waals surface area contributed by atoms with E-state index in [9.17, 15) is 18.5 Å². The van der Waals surface area contributed by atoms with Crippen LogP contribution in [0.3, 0.4) is 0 Å². The minimum Gasteiger partial charge on any atom is -0.296 e. The number of para-hydroxylation sites is 1. The first-order valence-electron chi connectivity index (χ1n) is 9.39. The lowest BCUT2D eigenvalue weighted by Gasteiger charge is -2.33. The van der Waals surface area contributed by atoms with Crippen LogP contribution in [0.4, 0.5) is 5.69 Å². The molecule has 7 nitrogen and oxygen atoms in total. The molecule has 1 fully saturated rings. The first kappa shape index (κ1) is 19.5. The molecule has 0 unspecified atom stereocenters. The highest BCUT2D eigenvalue weighted by Gasteiger charge is 2.29. The molecule has 0 N–H and O–H groups in total. The molecule has 3 aromatic rings. The van der Waals surface area contributed by atoms with Gasteiger partial charge in [-0.15, -0.1) is 0 Å². The van der Waals surface area contributed by atoms with Crippen LogP contribution in [0.2, 0.25) is 0 Å². The lowest BCUT2D eigenvalue weighted by Crippen LogP contribution is -2.48. The van der Waals surface area contributed by atoms with Gasteiger partial charge in [-0.05, 0) is 22.9 Å². The van der Waals surface area contributed by atoms with Gasteiger partial charge in [0.1, 0.15) is 0 Å². The van der Waals surface area contributed by atoms with E-state index in [4.69, 9.17) is 0 Å². The lowest BCUT2D eigenvalue weighted by atomic mass is 10.1. The summed E-state index contributed by atoms with van der Waals surface area (Å²) >= 11 is 0. The van der Waals surface area contributed by atoms with E-state index in [1.54, 1.807) is 30.3 Å². The van der Waals surface area contributed by atoms with Crippen LogP contribution in [0.1, 0.15) is 5.56 Å². The molecule has 1 saturated heterocycles. The average Bonchev–Trinajstić information content (AvgIpc) is 2.74. The van der Waals surface area contributed by atoms with Gasteiger partial charge >= 0.3 is 0 Å². The van der Waals surface area contributed by atoms with Crippen LogP contribution in [0.15, 0.2) is 71.6 Å². The number of piperazine rings is 1. The van der Waals surface area contributed by atoms with Crippen molar-refractivity contribution in [2.24, 2.45) is 0 Å². The van der Waals surface area contributed by atoms with E-state index in [0.717, 1.165) is 10.8 Å². The van der Waals surface area contributed by atoms with Crippen molar-refractivity contribution in [3.8, 4) is 0 Å². The Hall–Kier alpha value is -2.81. The zero-order valence-corrected chi connectivity index (χ0v) is 16.6. The zero-order valence-electron chi connectivity index (χ0n) is 15.8. The second-order valence-electron chi connectivity index (χ2n) is 7.08. The smallest absolute Gasteiger partial charge is 0.273 e. The minimum absolute atomic E-state index is 0.0960. The quantitative estimate of drug-likeness (QED) is 0.475. The first-order valence-corrected chi connectivity index (χ1v) is 10.8. The second-order valence-corrected chi connectivity index (χ2v) is 9.01. The number of hydrogen-bond donors (Lipinski definition) is 0. The van der Waals surface area contributed by atoms with Crippen molar-refractivity contribution >= 4 is 26.5 Å². The Morgan fingerprint density at radius 3 is 2.24 bits per heavy atom. The Balaban J connectivity index is 1.46. The normalized spacial score (nSPS) is 16.1. The molecule has 0 bridgehead atoms. The number of nitrogens with zero attached hydrogens (tertiary/aromatic N) is 3. The fraction of sp³-hybridized carbons (Fsp3) is 0.238. The minimum atomic E-state index is -3.57. The topological polar surface area (TPSA) is 83.8 Å². The number of rotatable bonds is 5. The Bertz CT molecular complexity index is 1160. The fourth-order valence-corrected chi connectivity index (χ4v) is 5.13. The predicted molar refractivity (Wildman–Crippen MR) is 111 cm³/mol. The van der Waals surface area contributed by atoms with Gasteiger partial charge in [0.2, 0.25) is 10.0 Å². The maximum Gasteiger partial charge on any atom is 0.273 e. The van der Waals surface area contributed by atoms with E-state index >= 15 is 0 Å². The average molecular weight is 411 g/mol. The van der Waals surface area contributed by atoms with E-state index in [1.165, 1.54) is 10.4 Å². The van der Waals surface area contributed by atoms with Crippen LogP contribution >= 0.6 is 0 Å². The number of hydrogen-bond acceptors (Lipinski definition) is 5. The molecule has 8 heteroatoms. The molecule has 0 atom stereocenters. The van der Waals surface area contributed by atoms with Gasteiger partial charge in [-0.1, -0.05) is 48.5 Å². The molecule has 29 heavy (non-hydrogen) atoms. The standard InChI is InChI=1S/C21H21N3O4S/c25-24(26)21-8-4-3-7-19(21)16-22-11-13-23(14-12-22)29(27,28)20-10-9-17-5-1-2-6-18(17)15-20/h1-10,15H,11-14,16H2. The summed E-state index contributed by atoms with van der Waals surface area (Å²) in [6.45, 7) is 2.20. The Kier molecular flexibility index (Phi) is 5.31. The summed E-state index contributed by atoms with van der Waals surface area (Å²) in [5.41, 5.74) is 0.738. The van der Waals surface area contributed by atoms with E-state index in [-0.39, 0.29) is 10.6 Å². The van der Waals surface area contributed by atoms with Crippen molar-refractivity contribution < 1.29 is 13.3 Å². The van der Waals surface area contributed by atoms with E-state index in [0.29, 0.717) is 43.2 Å². The van der Waals surface area contributed by atoms with Crippen molar-refractivity contribution in [1.29, 1.82) is 0 Å². The number of benzene rings is 3. The maximum absolute atomic E-state index is 13.1.